The van der Waals surface area contributed by atoms with Crippen LogP contribution in [0.25, 0.3) is 0 Å². The maximum absolute atomic E-state index is 3.46. The minimum atomic E-state index is 0.663. The number of rotatable bonds is 6. The molecule has 0 amide bonds. The smallest absolute Gasteiger partial charge is 0.0237 e. The van der Waals surface area contributed by atoms with Gasteiger partial charge in [0.25, 0.3) is 0 Å². The van der Waals surface area contributed by atoms with E-state index < -0.39 is 0 Å². The van der Waals surface area contributed by atoms with E-state index in [9.17, 15) is 0 Å². The van der Waals surface area contributed by atoms with Gasteiger partial charge in [-0.15, -0.1) is 0 Å². The normalized spacial score (nSPS) is 14.2. The molecular formula is C10H24N2. The third kappa shape index (κ3) is 4.73. The van der Waals surface area contributed by atoms with Crippen molar-refractivity contribution < 1.29 is 0 Å². The summed E-state index contributed by atoms with van der Waals surface area (Å²) in [6.07, 6.45) is 1.22. The van der Waals surface area contributed by atoms with Gasteiger partial charge in [0.05, 0.1) is 0 Å². The zero-order valence-corrected chi connectivity index (χ0v) is 9.22. The Balaban J connectivity index is 3.64. The molecule has 0 bridgehead atoms. The van der Waals surface area contributed by atoms with Crippen molar-refractivity contribution in [1.29, 1.82) is 0 Å². The fourth-order valence-corrected chi connectivity index (χ4v) is 1.44. The average Bonchev–Trinajstić information content (AvgIpc) is 1.96. The summed E-state index contributed by atoms with van der Waals surface area (Å²) in [7, 11) is 4.30. The maximum Gasteiger partial charge on any atom is 0.0237 e. The zero-order chi connectivity index (χ0) is 9.56. The molecule has 74 valence electrons. The van der Waals surface area contributed by atoms with E-state index in [-0.39, 0.29) is 0 Å². The molecule has 0 aliphatic carbocycles. The Hall–Kier alpha value is -0.0800. The highest BCUT2D eigenvalue weighted by atomic mass is 15.1. The molecule has 0 aromatic heterocycles. The van der Waals surface area contributed by atoms with Gasteiger partial charge in [0.15, 0.2) is 0 Å². The van der Waals surface area contributed by atoms with Crippen LogP contribution >= 0.6 is 0 Å². The van der Waals surface area contributed by atoms with E-state index >= 15 is 0 Å². The van der Waals surface area contributed by atoms with Crippen LogP contribution in [0.1, 0.15) is 27.2 Å². The quantitative estimate of drug-likeness (QED) is 0.612. The van der Waals surface area contributed by atoms with Gasteiger partial charge in [0.2, 0.25) is 0 Å². The lowest BCUT2D eigenvalue weighted by Crippen LogP contribution is -2.41. The van der Waals surface area contributed by atoms with Gasteiger partial charge in [0, 0.05) is 12.6 Å². The van der Waals surface area contributed by atoms with E-state index in [0.717, 1.165) is 19.0 Å². The zero-order valence-electron chi connectivity index (χ0n) is 9.22. The third-order valence-electron chi connectivity index (χ3n) is 2.21. The largest absolute Gasteiger partial charge is 0.315 e. The molecule has 1 N–H and O–H groups in total. The highest BCUT2D eigenvalue weighted by Gasteiger charge is 2.14. The summed E-state index contributed by atoms with van der Waals surface area (Å²) < 4.78 is 0. The Morgan fingerprint density at radius 3 is 2.17 bits per heavy atom. The summed E-state index contributed by atoms with van der Waals surface area (Å²) >= 11 is 0. The van der Waals surface area contributed by atoms with Gasteiger partial charge in [-0.1, -0.05) is 20.8 Å². The van der Waals surface area contributed by atoms with Crippen molar-refractivity contribution in [3.63, 3.8) is 0 Å². The molecule has 2 heteroatoms. The van der Waals surface area contributed by atoms with E-state index in [4.69, 9.17) is 0 Å². The number of likely N-dealkylation sites (N-methyl/N-ethyl adjacent to an activating group) is 1. The molecule has 0 rings (SSSR count). The van der Waals surface area contributed by atoms with Crippen LogP contribution in [-0.2, 0) is 0 Å². The van der Waals surface area contributed by atoms with Gasteiger partial charge in [-0.25, -0.2) is 0 Å². The lowest BCUT2D eigenvalue weighted by molar-refractivity contribution is 0.225. The Morgan fingerprint density at radius 1 is 1.25 bits per heavy atom. The summed E-state index contributed by atoms with van der Waals surface area (Å²) in [5.41, 5.74) is 0. The van der Waals surface area contributed by atoms with Crippen molar-refractivity contribution in [2.45, 2.75) is 33.2 Å². The molecule has 12 heavy (non-hydrogen) atoms. The molecule has 1 unspecified atom stereocenters. The van der Waals surface area contributed by atoms with Gasteiger partial charge < -0.3 is 10.2 Å². The SMILES string of the molecule is CCCNCC(C(C)C)N(C)C. The Labute approximate surface area is 77.3 Å². The molecular weight excluding hydrogens is 148 g/mol. The second kappa shape index (κ2) is 6.44. The first kappa shape index (κ1) is 11.9. The second-order valence-electron chi connectivity index (χ2n) is 3.98. The average molecular weight is 172 g/mol. The molecule has 1 atom stereocenters. The number of nitrogens with zero attached hydrogens (tertiary/aromatic N) is 1. The molecule has 2 nitrogen and oxygen atoms in total. The lowest BCUT2D eigenvalue weighted by Gasteiger charge is -2.28. The predicted molar refractivity (Wildman–Crippen MR) is 55.5 cm³/mol. The van der Waals surface area contributed by atoms with E-state index in [2.05, 4.69) is 45.1 Å². The van der Waals surface area contributed by atoms with Gasteiger partial charge in [-0.2, -0.15) is 0 Å². The highest BCUT2D eigenvalue weighted by Crippen LogP contribution is 2.05. The van der Waals surface area contributed by atoms with Crippen LogP contribution in [0.4, 0.5) is 0 Å². The van der Waals surface area contributed by atoms with Crippen LogP contribution in [0.3, 0.4) is 0 Å². The molecule has 0 aromatic carbocycles. The number of hydrogen-bond donors (Lipinski definition) is 1. The molecule has 0 saturated heterocycles. The van der Waals surface area contributed by atoms with Gasteiger partial charge in [-0.05, 0) is 33.0 Å². The van der Waals surface area contributed by atoms with E-state index in [1.54, 1.807) is 0 Å². The first-order valence-corrected chi connectivity index (χ1v) is 4.96. The first-order chi connectivity index (χ1) is 5.59. The molecule has 0 spiro atoms. The lowest BCUT2D eigenvalue weighted by atomic mass is 10.0. The predicted octanol–water partition coefficient (Wildman–Crippen LogP) is 1.57. The van der Waals surface area contributed by atoms with Crippen molar-refractivity contribution in [3.8, 4) is 0 Å². The minimum absolute atomic E-state index is 0.663. The van der Waals surface area contributed by atoms with Crippen LogP contribution in [0.5, 0.6) is 0 Å². The van der Waals surface area contributed by atoms with Crippen molar-refractivity contribution in [2.24, 2.45) is 5.92 Å². The fraction of sp³-hybridized carbons (Fsp3) is 1.00. The van der Waals surface area contributed by atoms with Crippen LogP contribution in [-0.4, -0.2) is 38.1 Å². The van der Waals surface area contributed by atoms with Crippen molar-refractivity contribution in [2.75, 3.05) is 27.2 Å². The number of hydrogen-bond acceptors (Lipinski definition) is 2. The highest BCUT2D eigenvalue weighted by molar-refractivity contribution is 4.72. The molecule has 0 radical (unpaired) electrons. The maximum atomic E-state index is 3.46. The summed E-state index contributed by atoms with van der Waals surface area (Å²) in [4.78, 5) is 2.30. The minimum Gasteiger partial charge on any atom is -0.315 e. The van der Waals surface area contributed by atoms with E-state index in [1.165, 1.54) is 6.42 Å². The van der Waals surface area contributed by atoms with E-state index in [1.807, 2.05) is 0 Å². The molecule has 0 fully saturated rings. The molecule has 0 aliphatic rings. The molecule has 0 heterocycles. The van der Waals surface area contributed by atoms with Crippen LogP contribution in [0.2, 0.25) is 0 Å². The van der Waals surface area contributed by atoms with Gasteiger partial charge >= 0.3 is 0 Å². The standard InChI is InChI=1S/C10H24N2/c1-6-7-11-8-10(9(2)3)12(4)5/h9-11H,6-8H2,1-5H3. The van der Waals surface area contributed by atoms with Gasteiger partial charge in [-0.3, -0.25) is 0 Å². The molecule has 0 aliphatic heterocycles. The topological polar surface area (TPSA) is 15.3 Å². The first-order valence-electron chi connectivity index (χ1n) is 4.96. The Bertz CT molecular complexity index is 92.0. The van der Waals surface area contributed by atoms with Gasteiger partial charge in [0.1, 0.15) is 0 Å². The van der Waals surface area contributed by atoms with Crippen molar-refractivity contribution in [1.82, 2.24) is 10.2 Å². The summed E-state index contributed by atoms with van der Waals surface area (Å²) in [5, 5.41) is 3.46. The van der Waals surface area contributed by atoms with Crippen molar-refractivity contribution >= 4 is 0 Å². The van der Waals surface area contributed by atoms with Crippen LogP contribution in [0.15, 0.2) is 0 Å². The number of nitrogens with one attached hydrogen (secondary N) is 1. The third-order valence-corrected chi connectivity index (χ3v) is 2.21. The monoisotopic (exact) mass is 172 g/mol. The molecule has 0 saturated carbocycles. The Kier molecular flexibility index (Phi) is 6.39. The molecule has 0 aromatic rings. The van der Waals surface area contributed by atoms with Crippen LogP contribution < -0.4 is 5.32 Å². The van der Waals surface area contributed by atoms with Crippen molar-refractivity contribution in [3.05, 3.63) is 0 Å². The second-order valence-corrected chi connectivity index (χ2v) is 3.98. The fourth-order valence-electron chi connectivity index (χ4n) is 1.44. The van der Waals surface area contributed by atoms with Crippen LogP contribution in [0, 0.1) is 5.92 Å². The van der Waals surface area contributed by atoms with E-state index in [0.29, 0.717) is 6.04 Å². The summed E-state index contributed by atoms with van der Waals surface area (Å²) in [5.74, 6) is 0.726. The summed E-state index contributed by atoms with van der Waals surface area (Å²) in [6, 6.07) is 0.663. The summed E-state index contributed by atoms with van der Waals surface area (Å²) in [6.45, 7) is 9.00. The Morgan fingerprint density at radius 2 is 1.83 bits per heavy atom.